The molecule has 0 amide bonds. The average molecular weight is 378 g/mol. The third kappa shape index (κ3) is 6.28. The van der Waals surface area contributed by atoms with Crippen LogP contribution >= 0.6 is 0 Å². The largest absolute Gasteiger partial charge is 1.00 e. The fraction of sp³-hybridized carbons (Fsp3) is 0.143. The van der Waals surface area contributed by atoms with Gasteiger partial charge in [0.25, 0.3) is 0 Å². The summed E-state index contributed by atoms with van der Waals surface area (Å²) in [4.78, 5) is 0. The summed E-state index contributed by atoms with van der Waals surface area (Å²) >= 11 is 0. The van der Waals surface area contributed by atoms with E-state index in [1.54, 1.807) is 0 Å². The van der Waals surface area contributed by atoms with Gasteiger partial charge in [-0.2, -0.15) is 0 Å². The zero-order valence-corrected chi connectivity index (χ0v) is 18.1. The molecule has 0 radical (unpaired) electrons. The van der Waals surface area contributed by atoms with Crippen LogP contribution in [0.1, 0.15) is 49.8 Å². The standard InChI is InChI=1S/C28H26.2Li.2H/c1-5-13-23(14-6-1)27(24-15-7-2-8-16-24)21-22-28(25-17-9-3-10-18-25)26-19-11-4-12-20-26;;;;/h1-20,27-28H,21-22H2;;;;/q;2*+1;2*-1. The van der Waals surface area contributed by atoms with E-state index in [4.69, 9.17) is 0 Å². The van der Waals surface area contributed by atoms with Gasteiger partial charge in [0.15, 0.2) is 0 Å². The summed E-state index contributed by atoms with van der Waals surface area (Å²) in [6, 6.07) is 43.7. The molecule has 0 fully saturated rings. The van der Waals surface area contributed by atoms with Crippen molar-refractivity contribution in [1.29, 1.82) is 0 Å². The Hall–Kier alpha value is -1.93. The van der Waals surface area contributed by atoms with Crippen molar-refractivity contribution in [3.8, 4) is 0 Å². The molecule has 0 unspecified atom stereocenters. The van der Waals surface area contributed by atoms with Gasteiger partial charge in [0.1, 0.15) is 0 Å². The fourth-order valence-electron chi connectivity index (χ4n) is 4.13. The van der Waals surface area contributed by atoms with Gasteiger partial charge in [-0.05, 0) is 35.1 Å². The third-order valence-electron chi connectivity index (χ3n) is 5.55. The van der Waals surface area contributed by atoms with Crippen LogP contribution in [0.5, 0.6) is 0 Å². The predicted octanol–water partition coefficient (Wildman–Crippen LogP) is 1.66. The number of benzene rings is 4. The van der Waals surface area contributed by atoms with Gasteiger partial charge in [0.2, 0.25) is 0 Å². The number of rotatable bonds is 7. The molecule has 0 atom stereocenters. The van der Waals surface area contributed by atoms with E-state index in [2.05, 4.69) is 121 Å². The minimum absolute atomic E-state index is 0. The molecule has 4 rings (SSSR count). The SMILES string of the molecule is [H-].[H-].[Li+].[Li+].c1ccc(C(CCC(c2ccccc2)c2ccccc2)c2ccccc2)cc1. The predicted molar refractivity (Wildman–Crippen MR) is 121 cm³/mol. The summed E-state index contributed by atoms with van der Waals surface area (Å²) in [5.74, 6) is 0.828. The van der Waals surface area contributed by atoms with Crippen molar-refractivity contribution in [1.82, 2.24) is 0 Å². The van der Waals surface area contributed by atoms with Crippen LogP contribution in [-0.2, 0) is 0 Å². The van der Waals surface area contributed by atoms with Gasteiger partial charge >= 0.3 is 37.7 Å². The summed E-state index contributed by atoms with van der Waals surface area (Å²) < 4.78 is 0. The maximum Gasteiger partial charge on any atom is 1.00 e. The van der Waals surface area contributed by atoms with Gasteiger partial charge in [0, 0.05) is 11.8 Å². The molecule has 0 aliphatic heterocycles. The van der Waals surface area contributed by atoms with Crippen LogP contribution in [0, 0.1) is 0 Å². The van der Waals surface area contributed by atoms with Gasteiger partial charge in [-0.3, -0.25) is 0 Å². The van der Waals surface area contributed by atoms with Gasteiger partial charge < -0.3 is 2.85 Å². The summed E-state index contributed by atoms with van der Waals surface area (Å²) in [6.45, 7) is 0. The summed E-state index contributed by atoms with van der Waals surface area (Å²) in [7, 11) is 0. The molecular formula is C28H28Li2. The third-order valence-corrected chi connectivity index (χ3v) is 5.55. The minimum Gasteiger partial charge on any atom is -1.00 e. The molecule has 4 aromatic carbocycles. The minimum atomic E-state index is 0. The Kier molecular flexibility index (Phi) is 10.3. The number of hydrogen-bond donors (Lipinski definition) is 0. The smallest absolute Gasteiger partial charge is 1.00 e. The molecular weight excluding hydrogens is 350 g/mol. The Morgan fingerprint density at radius 1 is 0.367 bits per heavy atom. The molecule has 0 heterocycles. The van der Waals surface area contributed by atoms with Crippen LogP contribution in [0.4, 0.5) is 0 Å². The first-order valence-corrected chi connectivity index (χ1v) is 10.1. The van der Waals surface area contributed by atoms with E-state index in [0.29, 0.717) is 11.8 Å². The van der Waals surface area contributed by atoms with Gasteiger partial charge in [-0.15, -0.1) is 0 Å². The molecule has 0 aromatic heterocycles. The Labute approximate surface area is 208 Å². The normalized spacial score (nSPS) is 10.3. The van der Waals surface area contributed by atoms with Crippen molar-refractivity contribution < 1.29 is 40.6 Å². The Balaban J connectivity index is 0.00000240. The van der Waals surface area contributed by atoms with E-state index >= 15 is 0 Å². The molecule has 0 aliphatic rings. The second-order valence-corrected chi connectivity index (χ2v) is 7.33. The van der Waals surface area contributed by atoms with E-state index in [1.807, 2.05) is 0 Å². The van der Waals surface area contributed by atoms with Crippen molar-refractivity contribution in [3.05, 3.63) is 144 Å². The molecule has 4 aromatic rings. The Bertz CT molecular complexity index is 803. The topological polar surface area (TPSA) is 0 Å². The summed E-state index contributed by atoms with van der Waals surface area (Å²) in [5.41, 5.74) is 5.59. The molecule has 0 saturated carbocycles. The van der Waals surface area contributed by atoms with Crippen molar-refractivity contribution in [3.63, 3.8) is 0 Å². The van der Waals surface area contributed by atoms with Crippen molar-refractivity contribution in [2.75, 3.05) is 0 Å². The molecule has 142 valence electrons. The van der Waals surface area contributed by atoms with Crippen molar-refractivity contribution in [2.45, 2.75) is 24.7 Å². The first-order valence-electron chi connectivity index (χ1n) is 10.1. The molecule has 0 spiro atoms. The quantitative estimate of drug-likeness (QED) is 0.429. The second-order valence-electron chi connectivity index (χ2n) is 7.33. The van der Waals surface area contributed by atoms with E-state index < -0.39 is 0 Å². The van der Waals surface area contributed by atoms with E-state index in [-0.39, 0.29) is 40.6 Å². The molecule has 2 heteroatoms. The van der Waals surface area contributed by atoms with Crippen molar-refractivity contribution >= 4 is 0 Å². The van der Waals surface area contributed by atoms with E-state index in [1.165, 1.54) is 22.3 Å². The van der Waals surface area contributed by atoms with Crippen LogP contribution < -0.4 is 37.7 Å². The first-order chi connectivity index (χ1) is 13.9. The Morgan fingerprint density at radius 3 is 0.767 bits per heavy atom. The Morgan fingerprint density at radius 2 is 0.567 bits per heavy atom. The molecule has 0 nitrogen and oxygen atoms in total. The molecule has 0 N–H and O–H groups in total. The van der Waals surface area contributed by atoms with Gasteiger partial charge in [0.05, 0.1) is 0 Å². The molecule has 0 bridgehead atoms. The van der Waals surface area contributed by atoms with Crippen LogP contribution in [0.3, 0.4) is 0 Å². The second kappa shape index (κ2) is 12.7. The molecule has 0 aliphatic carbocycles. The number of hydrogen-bond acceptors (Lipinski definition) is 0. The van der Waals surface area contributed by atoms with E-state index in [0.717, 1.165) is 12.8 Å². The van der Waals surface area contributed by atoms with Crippen LogP contribution in [-0.4, -0.2) is 0 Å². The van der Waals surface area contributed by atoms with Crippen LogP contribution in [0.2, 0.25) is 0 Å². The maximum atomic E-state index is 2.26. The maximum absolute atomic E-state index is 2.26. The van der Waals surface area contributed by atoms with Gasteiger partial charge in [-0.1, -0.05) is 121 Å². The van der Waals surface area contributed by atoms with Crippen molar-refractivity contribution in [2.24, 2.45) is 0 Å². The van der Waals surface area contributed by atoms with E-state index in [9.17, 15) is 0 Å². The van der Waals surface area contributed by atoms with Gasteiger partial charge in [-0.25, -0.2) is 0 Å². The zero-order valence-electron chi connectivity index (χ0n) is 20.1. The monoisotopic (exact) mass is 378 g/mol. The van der Waals surface area contributed by atoms with Crippen LogP contribution in [0.25, 0.3) is 0 Å². The fourth-order valence-corrected chi connectivity index (χ4v) is 4.13. The average Bonchev–Trinajstić information content (AvgIpc) is 2.79. The molecule has 0 saturated heterocycles. The summed E-state index contributed by atoms with van der Waals surface area (Å²) in [6.07, 6.45) is 2.23. The van der Waals surface area contributed by atoms with Crippen LogP contribution in [0.15, 0.2) is 121 Å². The molecule has 30 heavy (non-hydrogen) atoms. The summed E-state index contributed by atoms with van der Waals surface area (Å²) in [5, 5.41) is 0. The first kappa shape index (κ1) is 24.3. The zero-order chi connectivity index (χ0) is 19.0.